The average molecular weight is 402 g/mol. The summed E-state index contributed by atoms with van der Waals surface area (Å²) in [5.74, 6) is 0.917. The van der Waals surface area contributed by atoms with Crippen LogP contribution >= 0.6 is 27.5 Å². The molecule has 0 radical (unpaired) electrons. The molecule has 0 fully saturated rings. The number of halogens is 2. The van der Waals surface area contributed by atoms with Gasteiger partial charge in [0.1, 0.15) is 5.69 Å². The molecule has 2 aromatic heterocycles. The Morgan fingerprint density at radius 1 is 0.958 bits per heavy atom. The van der Waals surface area contributed by atoms with E-state index >= 15 is 0 Å². The van der Waals surface area contributed by atoms with Gasteiger partial charge in [-0.1, -0.05) is 44.8 Å². The third kappa shape index (κ3) is 2.98. The van der Waals surface area contributed by atoms with Gasteiger partial charge in [0.25, 0.3) is 5.89 Å². The third-order valence-electron chi connectivity index (χ3n) is 3.48. The van der Waals surface area contributed by atoms with Crippen LogP contribution < -0.4 is 0 Å². The Labute approximate surface area is 150 Å². The minimum Gasteiger partial charge on any atom is -0.332 e. The zero-order chi connectivity index (χ0) is 16.5. The highest BCUT2D eigenvalue weighted by Crippen LogP contribution is 2.26. The summed E-state index contributed by atoms with van der Waals surface area (Å²) in [6.45, 7) is 0. The minimum absolute atomic E-state index is 0.389. The molecule has 0 aliphatic heterocycles. The number of nitrogens with one attached hydrogen (secondary N) is 1. The topological polar surface area (TPSA) is 67.6 Å². The lowest BCUT2D eigenvalue weighted by Crippen LogP contribution is -1.81. The predicted molar refractivity (Wildman–Crippen MR) is 95.5 cm³/mol. The van der Waals surface area contributed by atoms with E-state index in [1.54, 1.807) is 0 Å². The molecule has 4 rings (SSSR count). The van der Waals surface area contributed by atoms with Gasteiger partial charge in [0.2, 0.25) is 5.82 Å². The first kappa shape index (κ1) is 15.1. The number of aromatic amines is 1. The quantitative estimate of drug-likeness (QED) is 0.512. The average Bonchev–Trinajstić information content (AvgIpc) is 3.25. The van der Waals surface area contributed by atoms with E-state index in [0.717, 1.165) is 21.3 Å². The second-order valence-corrected chi connectivity index (χ2v) is 6.46. The monoisotopic (exact) mass is 400 g/mol. The molecule has 118 valence electrons. The molecule has 0 spiro atoms. The molecule has 0 aliphatic rings. The van der Waals surface area contributed by atoms with Gasteiger partial charge in [-0.2, -0.15) is 10.1 Å². The standard InChI is InChI=1S/C17H10BrClN4O/c18-12-5-1-11(2-6-12)16-20-17(24-23-16)15-9-14(21-22-15)10-3-7-13(19)8-4-10/h1-9H,(H,21,22). The van der Waals surface area contributed by atoms with Gasteiger partial charge in [-0.3, -0.25) is 5.10 Å². The largest absolute Gasteiger partial charge is 0.332 e. The van der Waals surface area contributed by atoms with Crippen molar-refractivity contribution in [2.75, 3.05) is 0 Å². The van der Waals surface area contributed by atoms with Crippen LogP contribution in [0.4, 0.5) is 0 Å². The minimum atomic E-state index is 0.389. The van der Waals surface area contributed by atoms with Crippen LogP contribution in [0.3, 0.4) is 0 Å². The fourth-order valence-electron chi connectivity index (χ4n) is 2.25. The van der Waals surface area contributed by atoms with Crippen LogP contribution in [0.15, 0.2) is 63.6 Å². The molecule has 0 saturated carbocycles. The number of rotatable bonds is 3. The molecule has 0 bridgehead atoms. The molecule has 24 heavy (non-hydrogen) atoms. The second-order valence-electron chi connectivity index (χ2n) is 5.10. The Morgan fingerprint density at radius 2 is 1.67 bits per heavy atom. The van der Waals surface area contributed by atoms with E-state index in [2.05, 4.69) is 36.3 Å². The number of H-pyrrole nitrogens is 1. The van der Waals surface area contributed by atoms with Crippen molar-refractivity contribution in [2.24, 2.45) is 0 Å². The van der Waals surface area contributed by atoms with E-state index < -0.39 is 0 Å². The highest BCUT2D eigenvalue weighted by Gasteiger charge is 2.14. The lowest BCUT2D eigenvalue weighted by atomic mass is 10.1. The van der Waals surface area contributed by atoms with Crippen LogP contribution in [0, 0.1) is 0 Å². The van der Waals surface area contributed by atoms with E-state index in [1.165, 1.54) is 0 Å². The Hall–Kier alpha value is -2.44. The Kier molecular flexibility index (Phi) is 3.92. The zero-order valence-corrected chi connectivity index (χ0v) is 14.5. The summed E-state index contributed by atoms with van der Waals surface area (Å²) in [5, 5.41) is 11.9. The molecule has 0 amide bonds. The number of hydrogen-bond acceptors (Lipinski definition) is 4. The first-order valence-corrected chi connectivity index (χ1v) is 8.27. The van der Waals surface area contributed by atoms with Crippen molar-refractivity contribution in [3.05, 3.63) is 64.1 Å². The van der Waals surface area contributed by atoms with Crippen molar-refractivity contribution in [3.8, 4) is 34.2 Å². The van der Waals surface area contributed by atoms with Gasteiger partial charge in [0.15, 0.2) is 0 Å². The van der Waals surface area contributed by atoms with Crippen LogP contribution in [0.25, 0.3) is 34.2 Å². The number of benzene rings is 2. The zero-order valence-electron chi connectivity index (χ0n) is 12.2. The van der Waals surface area contributed by atoms with Crippen LogP contribution in [-0.4, -0.2) is 20.3 Å². The molecule has 4 aromatic rings. The maximum Gasteiger partial charge on any atom is 0.276 e. The van der Waals surface area contributed by atoms with Gasteiger partial charge in [0, 0.05) is 20.6 Å². The summed E-state index contributed by atoms with van der Waals surface area (Å²) in [6.07, 6.45) is 0. The molecule has 2 aromatic carbocycles. The van der Waals surface area contributed by atoms with Crippen molar-refractivity contribution in [1.82, 2.24) is 20.3 Å². The third-order valence-corrected chi connectivity index (χ3v) is 4.26. The molecule has 7 heteroatoms. The fraction of sp³-hybridized carbons (Fsp3) is 0. The SMILES string of the molecule is Clc1ccc(-c2cc(-c3nc(-c4ccc(Br)cc4)no3)[nH]n2)cc1. The molecule has 5 nitrogen and oxygen atoms in total. The summed E-state index contributed by atoms with van der Waals surface area (Å²) >= 11 is 9.31. The molecule has 0 unspecified atom stereocenters. The van der Waals surface area contributed by atoms with E-state index in [1.807, 2.05) is 54.6 Å². The smallest absolute Gasteiger partial charge is 0.276 e. The van der Waals surface area contributed by atoms with Crippen molar-refractivity contribution in [1.29, 1.82) is 0 Å². The normalized spacial score (nSPS) is 10.9. The number of hydrogen-bond donors (Lipinski definition) is 1. The highest BCUT2D eigenvalue weighted by atomic mass is 79.9. The van der Waals surface area contributed by atoms with Crippen molar-refractivity contribution >= 4 is 27.5 Å². The summed E-state index contributed by atoms with van der Waals surface area (Å²) in [4.78, 5) is 4.42. The molecule has 2 heterocycles. The van der Waals surface area contributed by atoms with E-state index in [4.69, 9.17) is 16.1 Å². The molecule has 0 atom stereocenters. The maximum absolute atomic E-state index is 5.91. The number of aromatic nitrogens is 4. The van der Waals surface area contributed by atoms with Gasteiger partial charge in [-0.05, 0) is 42.5 Å². The molecule has 1 N–H and O–H groups in total. The van der Waals surface area contributed by atoms with Crippen LogP contribution in [0.2, 0.25) is 5.02 Å². The molecule has 0 aliphatic carbocycles. The van der Waals surface area contributed by atoms with Crippen LogP contribution in [-0.2, 0) is 0 Å². The first-order valence-electron chi connectivity index (χ1n) is 7.10. The molecule has 0 saturated heterocycles. The van der Waals surface area contributed by atoms with Gasteiger partial charge in [0.05, 0.1) is 5.69 Å². The summed E-state index contributed by atoms with van der Waals surface area (Å²) in [6, 6.07) is 17.0. The number of nitrogens with zero attached hydrogens (tertiary/aromatic N) is 3. The van der Waals surface area contributed by atoms with Gasteiger partial charge < -0.3 is 4.52 Å². The van der Waals surface area contributed by atoms with Crippen LogP contribution in [0.5, 0.6) is 0 Å². The van der Waals surface area contributed by atoms with E-state index in [-0.39, 0.29) is 0 Å². The van der Waals surface area contributed by atoms with Gasteiger partial charge >= 0.3 is 0 Å². The highest BCUT2D eigenvalue weighted by molar-refractivity contribution is 9.10. The fourth-order valence-corrected chi connectivity index (χ4v) is 2.64. The summed E-state index contributed by atoms with van der Waals surface area (Å²) < 4.78 is 6.33. The van der Waals surface area contributed by atoms with E-state index in [9.17, 15) is 0 Å². The predicted octanol–water partition coefficient (Wildman–Crippen LogP) is 5.21. The van der Waals surface area contributed by atoms with Gasteiger partial charge in [-0.25, -0.2) is 0 Å². The molecular weight excluding hydrogens is 392 g/mol. The van der Waals surface area contributed by atoms with Crippen molar-refractivity contribution in [3.63, 3.8) is 0 Å². The lowest BCUT2D eigenvalue weighted by molar-refractivity contribution is 0.431. The second kappa shape index (κ2) is 6.22. The van der Waals surface area contributed by atoms with Crippen LogP contribution in [0.1, 0.15) is 0 Å². The Bertz CT molecular complexity index is 895. The Balaban J connectivity index is 1.63. The lowest BCUT2D eigenvalue weighted by Gasteiger charge is -1.94. The maximum atomic E-state index is 5.91. The van der Waals surface area contributed by atoms with E-state index in [0.29, 0.717) is 22.4 Å². The summed E-state index contributed by atoms with van der Waals surface area (Å²) in [7, 11) is 0. The first-order chi connectivity index (χ1) is 11.7. The van der Waals surface area contributed by atoms with Crippen molar-refractivity contribution in [2.45, 2.75) is 0 Å². The van der Waals surface area contributed by atoms with Gasteiger partial charge in [-0.15, -0.1) is 0 Å². The Morgan fingerprint density at radius 3 is 2.42 bits per heavy atom. The van der Waals surface area contributed by atoms with Crippen molar-refractivity contribution < 1.29 is 4.52 Å². The summed E-state index contributed by atoms with van der Waals surface area (Å²) in [5.41, 5.74) is 3.28. The molecular formula is C17H10BrClN4O.